The number of amides is 1. The summed E-state index contributed by atoms with van der Waals surface area (Å²) in [5, 5.41) is 1.88. The van der Waals surface area contributed by atoms with E-state index < -0.39 is 6.04 Å². The van der Waals surface area contributed by atoms with Crippen LogP contribution in [0.3, 0.4) is 0 Å². The Bertz CT molecular complexity index is 2130. The highest BCUT2D eigenvalue weighted by atomic mass is 32.1. The van der Waals surface area contributed by atoms with E-state index in [0.717, 1.165) is 27.5 Å². The Morgan fingerprint density at radius 1 is 1.00 bits per heavy atom. The van der Waals surface area contributed by atoms with Gasteiger partial charge in [-0.2, -0.15) is 0 Å². The summed E-state index contributed by atoms with van der Waals surface area (Å²) in [5.41, 5.74) is 3.22. The fraction of sp³-hybridized carbons (Fsp3) is 0.216. The minimum absolute atomic E-state index is 0.156. The zero-order chi connectivity index (χ0) is 32.4. The number of ether oxygens (including phenoxy) is 2. The average Bonchev–Trinajstić information content (AvgIpc) is 3.38. The van der Waals surface area contributed by atoms with Gasteiger partial charge in [0.15, 0.2) is 4.80 Å². The number of nitrogens with zero attached hydrogens (tertiary/aromatic N) is 3. The molecule has 5 aromatic rings. The minimum Gasteiger partial charge on any atom is -0.496 e. The lowest BCUT2D eigenvalue weighted by Crippen LogP contribution is -2.43. The molecule has 0 unspecified atom stereocenters. The maximum absolute atomic E-state index is 14.3. The molecule has 0 saturated heterocycles. The Labute approximate surface area is 270 Å². The van der Waals surface area contributed by atoms with Gasteiger partial charge < -0.3 is 14.4 Å². The molecule has 7 nitrogen and oxygen atoms in total. The van der Waals surface area contributed by atoms with Crippen molar-refractivity contribution in [3.63, 3.8) is 0 Å². The molecule has 234 valence electrons. The molecule has 0 radical (unpaired) electrons. The van der Waals surface area contributed by atoms with E-state index in [0.29, 0.717) is 51.8 Å². The molecule has 4 aromatic carbocycles. The number of methoxy groups -OCH3 is 1. The van der Waals surface area contributed by atoms with Gasteiger partial charge >= 0.3 is 0 Å². The molecular weight excluding hydrogens is 601 g/mol. The minimum atomic E-state index is -0.741. The summed E-state index contributed by atoms with van der Waals surface area (Å²) in [6, 6.07) is 24.7. The number of carbonyl (C=O) groups excluding carboxylic acids is 1. The molecule has 0 spiro atoms. The number of halogens is 1. The fourth-order valence-corrected chi connectivity index (χ4v) is 6.89. The van der Waals surface area contributed by atoms with Crippen molar-refractivity contribution in [2.24, 2.45) is 4.99 Å². The number of fused-ring (bicyclic) bond motifs is 2. The van der Waals surface area contributed by atoms with Crippen molar-refractivity contribution in [3.05, 3.63) is 138 Å². The molecule has 9 heteroatoms. The topological polar surface area (TPSA) is 73.1 Å². The predicted molar refractivity (Wildman–Crippen MR) is 179 cm³/mol. The van der Waals surface area contributed by atoms with Gasteiger partial charge in [-0.05, 0) is 79.1 Å². The number of carbonyl (C=O) groups is 1. The molecule has 1 aromatic heterocycles. The Morgan fingerprint density at radius 2 is 1.72 bits per heavy atom. The predicted octanol–water partition coefficient (Wildman–Crippen LogP) is 5.98. The van der Waals surface area contributed by atoms with Gasteiger partial charge in [0.1, 0.15) is 30.0 Å². The Kier molecular flexibility index (Phi) is 8.85. The Morgan fingerprint density at radius 3 is 2.41 bits per heavy atom. The molecule has 1 atom stereocenters. The molecular formula is C37H34FN3O4S. The van der Waals surface area contributed by atoms with Crippen LogP contribution in [0.5, 0.6) is 11.5 Å². The van der Waals surface area contributed by atoms with Crippen LogP contribution in [0.15, 0.2) is 106 Å². The molecule has 0 bridgehead atoms. The second-order valence-corrected chi connectivity index (χ2v) is 12.0. The Balaban J connectivity index is 1.45. The van der Waals surface area contributed by atoms with Crippen LogP contribution >= 0.6 is 11.3 Å². The van der Waals surface area contributed by atoms with Crippen molar-refractivity contribution >= 4 is 34.1 Å². The van der Waals surface area contributed by atoms with E-state index in [1.807, 2.05) is 87.5 Å². The molecule has 1 amide bonds. The Hall–Kier alpha value is -5.02. The van der Waals surface area contributed by atoms with Crippen molar-refractivity contribution in [2.75, 3.05) is 20.2 Å². The van der Waals surface area contributed by atoms with Crippen molar-refractivity contribution in [1.82, 2.24) is 9.47 Å². The first-order chi connectivity index (χ1) is 22.3. The lowest BCUT2D eigenvalue weighted by atomic mass is 9.90. The molecule has 0 fully saturated rings. The maximum Gasteiger partial charge on any atom is 0.271 e. The number of allylic oxidation sites excluding steroid dienone is 1. The van der Waals surface area contributed by atoms with Gasteiger partial charge in [0, 0.05) is 18.7 Å². The van der Waals surface area contributed by atoms with Gasteiger partial charge in [-0.15, -0.1) is 0 Å². The lowest BCUT2D eigenvalue weighted by Gasteiger charge is -2.30. The first kappa shape index (κ1) is 31.0. The van der Waals surface area contributed by atoms with E-state index in [-0.39, 0.29) is 17.3 Å². The number of hydrogen-bond acceptors (Lipinski definition) is 6. The molecule has 0 N–H and O–H groups in total. The third-order valence-electron chi connectivity index (χ3n) is 8.22. The second kappa shape index (κ2) is 13.1. The smallest absolute Gasteiger partial charge is 0.271 e. The van der Waals surface area contributed by atoms with Crippen LogP contribution in [0.1, 0.15) is 43.5 Å². The van der Waals surface area contributed by atoms with Gasteiger partial charge in [-0.25, -0.2) is 9.38 Å². The van der Waals surface area contributed by atoms with Crippen LogP contribution in [0.4, 0.5) is 4.39 Å². The molecule has 6 rings (SSSR count). The largest absolute Gasteiger partial charge is 0.496 e. The first-order valence-corrected chi connectivity index (χ1v) is 16.0. The van der Waals surface area contributed by atoms with E-state index in [2.05, 4.69) is 0 Å². The normalized spacial score (nSPS) is 14.6. The van der Waals surface area contributed by atoms with Crippen molar-refractivity contribution in [1.29, 1.82) is 0 Å². The third kappa shape index (κ3) is 5.86. The monoisotopic (exact) mass is 635 g/mol. The summed E-state index contributed by atoms with van der Waals surface area (Å²) in [6.07, 6.45) is 1.83. The summed E-state index contributed by atoms with van der Waals surface area (Å²) in [6.45, 7) is 7.09. The standard InChI is InChI=1S/C37H34FN3O4S/c1-5-40(6-2)36(43)32-23(3)39-37-41(34(32)33-29-10-8-7-9-26(29)15-20-30(33)44-4)35(42)31(46-37)21-24-13-18-28(19-14-24)45-22-25-11-16-27(38)17-12-25/h7-21,34H,5-6,22H2,1-4H3/b31-21+/t34-/m1/s1. The molecule has 2 heterocycles. The number of thiazole rings is 1. The van der Waals surface area contributed by atoms with Crippen LogP contribution in [0, 0.1) is 5.82 Å². The van der Waals surface area contributed by atoms with E-state index in [4.69, 9.17) is 14.5 Å². The first-order valence-electron chi connectivity index (χ1n) is 15.2. The molecule has 0 saturated carbocycles. The SMILES string of the molecule is CCN(CC)C(=O)C1=C(C)N=c2s/c(=C/c3ccc(OCc4ccc(F)cc4)cc3)c(=O)n2[C@H]1c1c(OC)ccc2ccccc12. The van der Waals surface area contributed by atoms with Crippen LogP contribution in [0.25, 0.3) is 16.8 Å². The number of likely N-dealkylation sites (N-methyl/N-ethyl adjacent to an activating group) is 1. The number of benzene rings is 4. The zero-order valence-electron chi connectivity index (χ0n) is 26.1. The highest BCUT2D eigenvalue weighted by Gasteiger charge is 2.36. The van der Waals surface area contributed by atoms with E-state index in [1.54, 1.807) is 28.7 Å². The quantitative estimate of drug-likeness (QED) is 0.200. The molecule has 46 heavy (non-hydrogen) atoms. The molecule has 0 aliphatic carbocycles. The van der Waals surface area contributed by atoms with Gasteiger partial charge in [-0.1, -0.05) is 65.9 Å². The number of rotatable bonds is 9. The summed E-state index contributed by atoms with van der Waals surface area (Å²) >= 11 is 1.29. The molecule has 1 aliphatic heterocycles. The third-order valence-corrected chi connectivity index (χ3v) is 9.21. The lowest BCUT2D eigenvalue weighted by molar-refractivity contribution is -0.127. The van der Waals surface area contributed by atoms with Crippen LogP contribution in [-0.4, -0.2) is 35.6 Å². The highest BCUT2D eigenvalue weighted by molar-refractivity contribution is 7.07. The second-order valence-electron chi connectivity index (χ2n) is 10.9. The van der Waals surface area contributed by atoms with Gasteiger partial charge in [0.05, 0.1) is 22.9 Å². The van der Waals surface area contributed by atoms with E-state index >= 15 is 0 Å². The number of hydrogen-bond donors (Lipinski definition) is 0. The molecule has 1 aliphatic rings. The fourth-order valence-electron chi connectivity index (χ4n) is 5.84. The van der Waals surface area contributed by atoms with Crippen LogP contribution < -0.4 is 24.4 Å². The maximum atomic E-state index is 14.3. The van der Waals surface area contributed by atoms with Gasteiger partial charge in [0.25, 0.3) is 11.5 Å². The van der Waals surface area contributed by atoms with Crippen molar-refractivity contribution in [3.8, 4) is 11.5 Å². The summed E-state index contributed by atoms with van der Waals surface area (Å²) in [5.74, 6) is 0.801. The van der Waals surface area contributed by atoms with Gasteiger partial charge in [-0.3, -0.25) is 14.2 Å². The van der Waals surface area contributed by atoms with Crippen molar-refractivity contribution < 1.29 is 18.7 Å². The zero-order valence-corrected chi connectivity index (χ0v) is 26.9. The van der Waals surface area contributed by atoms with Crippen LogP contribution in [-0.2, 0) is 11.4 Å². The summed E-state index contributed by atoms with van der Waals surface area (Å²) in [4.78, 5) is 35.5. The highest BCUT2D eigenvalue weighted by Crippen LogP contribution is 2.40. The van der Waals surface area contributed by atoms with Gasteiger partial charge in [0.2, 0.25) is 0 Å². The average molecular weight is 636 g/mol. The van der Waals surface area contributed by atoms with E-state index in [9.17, 15) is 14.0 Å². The summed E-state index contributed by atoms with van der Waals surface area (Å²) < 4.78 is 27.1. The van der Waals surface area contributed by atoms with Crippen LogP contribution in [0.2, 0.25) is 0 Å². The van der Waals surface area contributed by atoms with Crippen molar-refractivity contribution in [2.45, 2.75) is 33.4 Å². The summed E-state index contributed by atoms with van der Waals surface area (Å²) in [7, 11) is 1.60. The number of aromatic nitrogens is 1. The van der Waals surface area contributed by atoms with E-state index in [1.165, 1.54) is 23.5 Å².